The van der Waals surface area contributed by atoms with Crippen LogP contribution in [0.3, 0.4) is 0 Å². The normalized spacial score (nSPS) is 20.2. The summed E-state index contributed by atoms with van der Waals surface area (Å²) >= 11 is 0. The Hall–Kier alpha value is -3.94. The molecule has 2 aliphatic rings. The van der Waals surface area contributed by atoms with Crippen LogP contribution in [0.4, 0.5) is 23.2 Å². The highest BCUT2D eigenvalue weighted by atomic mass is 19.4. The van der Waals surface area contributed by atoms with Gasteiger partial charge in [0, 0.05) is 30.4 Å². The van der Waals surface area contributed by atoms with Crippen molar-refractivity contribution in [2.45, 2.75) is 56.8 Å². The molecule has 2 atom stereocenters. The zero-order chi connectivity index (χ0) is 28.0. The van der Waals surface area contributed by atoms with Crippen molar-refractivity contribution in [3.63, 3.8) is 0 Å². The second-order valence-electron chi connectivity index (χ2n) is 10.4. The quantitative estimate of drug-likeness (QED) is 0.312. The average molecular weight is 561 g/mol. The maximum Gasteiger partial charge on any atom is 0.406 e. The Bertz CT molecular complexity index is 1520. The van der Waals surface area contributed by atoms with Crippen LogP contribution in [0.15, 0.2) is 41.2 Å². The molecule has 0 unspecified atom stereocenters. The standard InChI is InChI=1S/C26H28F4N8O2/c1-36-8-7-20(18(27)13-36)33-19-3-2-4-21-17(19)9-22(37(21)14-26(28,29)30)24-34-23(40-35-24)11-31-25(39)15-10-32-38(12-15)16-5-6-16/h2-4,9-10,12,16,18,20,33H,5-8,11,13-14H2,1H3,(H,31,39)/t18-,20+/m0/s1. The second-order valence-corrected chi connectivity index (χ2v) is 10.4. The molecule has 1 amide bonds. The first-order valence-corrected chi connectivity index (χ1v) is 13.1. The van der Waals surface area contributed by atoms with E-state index in [-0.39, 0.29) is 36.4 Å². The Kier molecular flexibility index (Phi) is 6.72. The van der Waals surface area contributed by atoms with Gasteiger partial charge in [-0.2, -0.15) is 23.3 Å². The number of amides is 1. The van der Waals surface area contributed by atoms with E-state index in [1.54, 1.807) is 35.1 Å². The predicted octanol–water partition coefficient (Wildman–Crippen LogP) is 4.17. The number of nitrogens with zero attached hydrogens (tertiary/aromatic N) is 6. The Morgan fingerprint density at radius 2 is 2.05 bits per heavy atom. The second kappa shape index (κ2) is 10.2. The molecule has 1 saturated carbocycles. The fourth-order valence-electron chi connectivity index (χ4n) is 5.05. The average Bonchev–Trinajstić information content (AvgIpc) is 3.29. The number of alkyl halides is 4. The molecule has 1 aromatic carbocycles. The molecular weight excluding hydrogens is 532 g/mol. The van der Waals surface area contributed by atoms with E-state index in [0.717, 1.165) is 17.4 Å². The van der Waals surface area contributed by atoms with Crippen LogP contribution in [-0.2, 0) is 13.1 Å². The lowest BCUT2D eigenvalue weighted by atomic mass is 10.0. The number of piperidine rings is 1. The smallest absolute Gasteiger partial charge is 0.379 e. The predicted molar refractivity (Wildman–Crippen MR) is 137 cm³/mol. The van der Waals surface area contributed by atoms with Crippen LogP contribution in [0.1, 0.15) is 41.6 Å². The monoisotopic (exact) mass is 560 g/mol. The molecule has 1 aliphatic carbocycles. The van der Waals surface area contributed by atoms with Crippen LogP contribution >= 0.6 is 0 Å². The summed E-state index contributed by atoms with van der Waals surface area (Å²) < 4.78 is 63.7. The topological polar surface area (TPSA) is 106 Å². The molecule has 1 saturated heterocycles. The number of anilines is 1. The van der Waals surface area contributed by atoms with Gasteiger partial charge in [0.2, 0.25) is 11.7 Å². The molecule has 10 nitrogen and oxygen atoms in total. The number of rotatable bonds is 8. The molecule has 4 heterocycles. The number of aromatic nitrogens is 5. The summed E-state index contributed by atoms with van der Waals surface area (Å²) in [6.45, 7) is -0.403. The van der Waals surface area contributed by atoms with Crippen molar-refractivity contribution >= 4 is 22.5 Å². The molecule has 0 spiro atoms. The van der Waals surface area contributed by atoms with Crippen molar-refractivity contribution in [2.75, 3.05) is 25.5 Å². The maximum absolute atomic E-state index is 14.7. The molecule has 3 aromatic heterocycles. The van der Waals surface area contributed by atoms with Gasteiger partial charge in [-0.1, -0.05) is 11.2 Å². The molecule has 40 heavy (non-hydrogen) atoms. The molecular formula is C26H28F4N8O2. The van der Waals surface area contributed by atoms with E-state index in [4.69, 9.17) is 4.52 Å². The van der Waals surface area contributed by atoms with Gasteiger partial charge in [0.05, 0.1) is 41.6 Å². The van der Waals surface area contributed by atoms with Crippen LogP contribution in [0, 0.1) is 0 Å². The minimum Gasteiger partial charge on any atom is -0.379 e. The van der Waals surface area contributed by atoms with Crippen LogP contribution in [-0.4, -0.2) is 73.8 Å². The SMILES string of the molecule is CN1CC[C@@H](Nc2cccc3c2cc(-c2noc(CNC(=O)c4cnn(C5CC5)c4)n2)n3CC(F)(F)F)[C@@H](F)C1. The minimum absolute atomic E-state index is 0.0340. The van der Waals surface area contributed by atoms with Crippen molar-refractivity contribution in [3.05, 3.63) is 48.1 Å². The van der Waals surface area contributed by atoms with Gasteiger partial charge in [-0.3, -0.25) is 9.48 Å². The van der Waals surface area contributed by atoms with Gasteiger partial charge in [-0.15, -0.1) is 0 Å². The van der Waals surface area contributed by atoms with Crippen LogP contribution in [0.5, 0.6) is 0 Å². The third-order valence-corrected chi connectivity index (χ3v) is 7.25. The maximum atomic E-state index is 14.7. The highest BCUT2D eigenvalue weighted by Crippen LogP contribution is 2.35. The molecule has 14 heteroatoms. The van der Waals surface area contributed by atoms with E-state index in [0.29, 0.717) is 41.2 Å². The summed E-state index contributed by atoms with van der Waals surface area (Å²) in [5.74, 6) is -0.403. The fraction of sp³-hybridized carbons (Fsp3) is 0.462. The molecule has 2 N–H and O–H groups in total. The minimum atomic E-state index is -4.52. The molecule has 1 aliphatic heterocycles. The fourth-order valence-corrected chi connectivity index (χ4v) is 5.05. The summed E-state index contributed by atoms with van der Waals surface area (Å²) in [7, 11) is 1.85. The molecule has 0 bridgehead atoms. The third kappa shape index (κ3) is 5.53. The first kappa shape index (κ1) is 26.3. The summed E-state index contributed by atoms with van der Waals surface area (Å²) in [5.41, 5.74) is 1.30. The lowest BCUT2D eigenvalue weighted by Crippen LogP contribution is -2.46. The van der Waals surface area contributed by atoms with E-state index >= 15 is 0 Å². The molecule has 0 radical (unpaired) electrons. The van der Waals surface area contributed by atoms with E-state index < -0.39 is 24.9 Å². The third-order valence-electron chi connectivity index (χ3n) is 7.25. The Labute approximate surface area is 226 Å². The lowest BCUT2D eigenvalue weighted by molar-refractivity contribution is -0.139. The van der Waals surface area contributed by atoms with Gasteiger partial charge in [-0.05, 0) is 44.5 Å². The van der Waals surface area contributed by atoms with Gasteiger partial charge in [0.1, 0.15) is 12.7 Å². The number of carbonyl (C=O) groups is 1. The first-order chi connectivity index (χ1) is 19.1. The van der Waals surface area contributed by atoms with Gasteiger partial charge in [0.25, 0.3) is 5.91 Å². The Morgan fingerprint density at radius 1 is 1.23 bits per heavy atom. The van der Waals surface area contributed by atoms with Crippen molar-refractivity contribution in [1.82, 2.24) is 34.7 Å². The van der Waals surface area contributed by atoms with Gasteiger partial charge >= 0.3 is 6.18 Å². The van der Waals surface area contributed by atoms with E-state index in [1.807, 2.05) is 11.9 Å². The number of benzene rings is 1. The number of hydrogen-bond donors (Lipinski definition) is 2. The van der Waals surface area contributed by atoms with Gasteiger partial charge in [-0.25, -0.2) is 4.39 Å². The highest BCUT2D eigenvalue weighted by molar-refractivity contribution is 5.96. The van der Waals surface area contributed by atoms with Crippen LogP contribution in [0.2, 0.25) is 0 Å². The van der Waals surface area contributed by atoms with Crippen LogP contribution in [0.25, 0.3) is 22.4 Å². The van der Waals surface area contributed by atoms with Gasteiger partial charge < -0.3 is 24.6 Å². The van der Waals surface area contributed by atoms with E-state index in [1.165, 1.54) is 6.20 Å². The largest absolute Gasteiger partial charge is 0.406 e. The molecule has 4 aromatic rings. The lowest BCUT2D eigenvalue weighted by Gasteiger charge is -2.33. The summed E-state index contributed by atoms with van der Waals surface area (Å²) in [6.07, 6.45) is 0.132. The zero-order valence-corrected chi connectivity index (χ0v) is 21.7. The number of fused-ring (bicyclic) bond motifs is 1. The molecule has 2 fully saturated rings. The van der Waals surface area contributed by atoms with Crippen LogP contribution < -0.4 is 10.6 Å². The molecule has 212 valence electrons. The molecule has 6 rings (SSSR count). The number of halogens is 4. The van der Waals surface area contributed by atoms with Crippen molar-refractivity contribution < 1.29 is 26.9 Å². The van der Waals surface area contributed by atoms with Gasteiger partial charge in [0.15, 0.2) is 0 Å². The number of nitrogens with one attached hydrogen (secondary N) is 2. The van der Waals surface area contributed by atoms with Crippen molar-refractivity contribution in [3.8, 4) is 11.5 Å². The zero-order valence-electron chi connectivity index (χ0n) is 21.7. The summed E-state index contributed by atoms with van der Waals surface area (Å²) in [5, 5.41) is 14.4. The van der Waals surface area contributed by atoms with Crippen molar-refractivity contribution in [2.24, 2.45) is 0 Å². The Balaban J connectivity index is 1.25. The summed E-state index contributed by atoms with van der Waals surface area (Å²) in [4.78, 5) is 18.7. The first-order valence-electron chi connectivity index (χ1n) is 13.1. The Morgan fingerprint density at radius 3 is 2.80 bits per heavy atom. The van der Waals surface area contributed by atoms with E-state index in [9.17, 15) is 22.4 Å². The van der Waals surface area contributed by atoms with E-state index in [2.05, 4.69) is 25.9 Å². The summed E-state index contributed by atoms with van der Waals surface area (Å²) in [6, 6.07) is 6.34. The highest BCUT2D eigenvalue weighted by Gasteiger charge is 2.32. The number of carbonyl (C=O) groups excluding carboxylic acids is 1. The van der Waals surface area contributed by atoms with Crippen molar-refractivity contribution in [1.29, 1.82) is 0 Å². The number of hydrogen-bond acceptors (Lipinski definition) is 7. The number of likely N-dealkylation sites (tertiary alicyclic amines) is 1.